The Morgan fingerprint density at radius 2 is 1.68 bits per heavy atom. The molecule has 1 aromatic heterocycles. The summed E-state index contributed by atoms with van der Waals surface area (Å²) in [6.45, 7) is 13.1. The van der Waals surface area contributed by atoms with Crippen molar-refractivity contribution in [3.8, 4) is 27.8 Å². The summed E-state index contributed by atoms with van der Waals surface area (Å²) in [6.07, 6.45) is 2.47. The number of carbonyl (C=O) groups is 2. The fourth-order valence-corrected chi connectivity index (χ4v) is 5.09. The van der Waals surface area contributed by atoms with Crippen molar-refractivity contribution in [2.75, 3.05) is 33.2 Å². The third-order valence-corrected chi connectivity index (χ3v) is 6.98. The summed E-state index contributed by atoms with van der Waals surface area (Å²) in [5.74, 6) is 1.66. The second-order valence-corrected chi connectivity index (χ2v) is 11.5. The number of methoxy groups -OCH3 is 3. The Morgan fingerprint density at radius 1 is 1.05 bits per heavy atom. The number of aromatic nitrogens is 2. The van der Waals surface area contributed by atoms with E-state index in [9.17, 15) is 9.59 Å². The highest BCUT2D eigenvalue weighted by molar-refractivity contribution is 7.18. The fraction of sp³-hybridized carbons (Fsp3) is 0.630. The van der Waals surface area contributed by atoms with Gasteiger partial charge in [0.25, 0.3) is 0 Å². The van der Waals surface area contributed by atoms with Crippen LogP contribution in [0.3, 0.4) is 0 Å². The molecule has 206 valence electrons. The normalized spacial score (nSPS) is 13.0. The van der Waals surface area contributed by atoms with Crippen molar-refractivity contribution in [2.45, 2.75) is 73.3 Å². The third-order valence-electron chi connectivity index (χ3n) is 6.09. The summed E-state index contributed by atoms with van der Waals surface area (Å²) in [4.78, 5) is 27.6. The molecule has 2 amide bonds. The molecule has 37 heavy (non-hydrogen) atoms. The van der Waals surface area contributed by atoms with E-state index in [1.54, 1.807) is 33.5 Å². The van der Waals surface area contributed by atoms with Crippen molar-refractivity contribution in [3.63, 3.8) is 0 Å². The van der Waals surface area contributed by atoms with Crippen LogP contribution < -0.4 is 19.5 Å². The Bertz CT molecular complexity index is 1020. The van der Waals surface area contributed by atoms with Gasteiger partial charge in [-0.1, -0.05) is 46.0 Å². The van der Waals surface area contributed by atoms with Gasteiger partial charge in [0.2, 0.25) is 22.7 Å². The first-order valence-electron chi connectivity index (χ1n) is 12.7. The predicted octanol–water partition coefficient (Wildman–Crippen LogP) is 5.65. The summed E-state index contributed by atoms with van der Waals surface area (Å²) in [5.41, 5.74) is 0.897. The van der Waals surface area contributed by atoms with Crippen LogP contribution in [0.1, 0.15) is 67.2 Å². The maximum Gasteiger partial charge on any atom is 0.227 e. The average molecular weight is 535 g/mol. The molecule has 2 aromatic rings. The van der Waals surface area contributed by atoms with Crippen LogP contribution in [0.15, 0.2) is 12.1 Å². The van der Waals surface area contributed by atoms with Crippen LogP contribution in [0.25, 0.3) is 10.6 Å². The van der Waals surface area contributed by atoms with Gasteiger partial charge in [-0.2, -0.15) is 0 Å². The van der Waals surface area contributed by atoms with Gasteiger partial charge in [0.1, 0.15) is 5.01 Å². The number of benzene rings is 1. The van der Waals surface area contributed by atoms with Crippen molar-refractivity contribution >= 4 is 28.3 Å². The van der Waals surface area contributed by atoms with Crippen LogP contribution in [0.5, 0.6) is 17.2 Å². The number of rotatable bonds is 13. The van der Waals surface area contributed by atoms with E-state index in [0.717, 1.165) is 18.4 Å². The molecule has 0 aliphatic carbocycles. The molecule has 0 aliphatic heterocycles. The molecule has 10 heteroatoms. The largest absolute Gasteiger partial charge is 0.493 e. The molecule has 1 heterocycles. The Labute approximate surface area is 224 Å². The number of nitrogens with one attached hydrogen (secondary N) is 1. The van der Waals surface area contributed by atoms with Crippen LogP contribution >= 0.6 is 11.3 Å². The molecule has 0 saturated carbocycles. The standard InChI is InChI=1S/C27H42N4O5S/c1-10-18(3)31(23(33)13-17(2)16-27(4,5)6)12-11-22(32)28-26-30-29-25(37-26)19-14-20(34-7)24(36-9)21(15-19)35-8/h14-15,17-18H,10-13,16H2,1-9H3,(H,28,30,32). The van der Waals surface area contributed by atoms with Crippen molar-refractivity contribution in [2.24, 2.45) is 11.3 Å². The number of hydrogen-bond acceptors (Lipinski definition) is 8. The summed E-state index contributed by atoms with van der Waals surface area (Å²) >= 11 is 1.24. The zero-order valence-electron chi connectivity index (χ0n) is 23.6. The number of ether oxygens (including phenoxy) is 3. The third kappa shape index (κ3) is 8.87. The summed E-state index contributed by atoms with van der Waals surface area (Å²) in [6, 6.07) is 3.63. The average Bonchev–Trinajstić information content (AvgIpc) is 3.29. The van der Waals surface area contributed by atoms with E-state index in [4.69, 9.17) is 14.2 Å². The van der Waals surface area contributed by atoms with Gasteiger partial charge in [-0.05, 0) is 43.2 Å². The zero-order valence-corrected chi connectivity index (χ0v) is 24.5. The van der Waals surface area contributed by atoms with Gasteiger partial charge in [0, 0.05) is 31.0 Å². The fourth-order valence-electron chi connectivity index (χ4n) is 4.34. The monoisotopic (exact) mass is 534 g/mol. The molecule has 2 rings (SSSR count). The zero-order chi connectivity index (χ0) is 27.8. The number of nitrogens with zero attached hydrogens (tertiary/aromatic N) is 3. The van der Waals surface area contributed by atoms with E-state index in [0.29, 0.717) is 40.4 Å². The molecule has 0 saturated heterocycles. The Kier molecular flexibility index (Phi) is 11.2. The first-order valence-corrected chi connectivity index (χ1v) is 13.5. The first kappa shape index (κ1) is 30.3. The second-order valence-electron chi connectivity index (χ2n) is 10.5. The topological polar surface area (TPSA) is 103 Å². The molecule has 1 aromatic carbocycles. The van der Waals surface area contributed by atoms with Crippen LogP contribution in [0.4, 0.5) is 5.13 Å². The van der Waals surface area contributed by atoms with E-state index in [-0.39, 0.29) is 35.6 Å². The second kappa shape index (κ2) is 13.6. The Hall–Kier alpha value is -2.88. The first-order chi connectivity index (χ1) is 17.4. The van der Waals surface area contributed by atoms with Crippen LogP contribution in [-0.4, -0.2) is 60.8 Å². The minimum absolute atomic E-state index is 0.0651. The minimum Gasteiger partial charge on any atom is -0.493 e. The van der Waals surface area contributed by atoms with E-state index < -0.39 is 0 Å². The quantitative estimate of drug-likeness (QED) is 0.354. The molecule has 9 nitrogen and oxygen atoms in total. The van der Waals surface area contributed by atoms with Crippen LogP contribution in [0.2, 0.25) is 0 Å². The van der Waals surface area contributed by atoms with Gasteiger partial charge in [-0.15, -0.1) is 10.2 Å². The summed E-state index contributed by atoms with van der Waals surface area (Å²) in [7, 11) is 4.64. The number of hydrogen-bond donors (Lipinski definition) is 1. The lowest BCUT2D eigenvalue weighted by atomic mass is 9.84. The lowest BCUT2D eigenvalue weighted by Gasteiger charge is -2.31. The van der Waals surface area contributed by atoms with Gasteiger partial charge in [-0.3, -0.25) is 9.59 Å². The number of anilines is 1. The van der Waals surface area contributed by atoms with E-state index >= 15 is 0 Å². The molecule has 0 spiro atoms. The molecule has 0 radical (unpaired) electrons. The molecule has 1 N–H and O–H groups in total. The smallest absolute Gasteiger partial charge is 0.227 e. The van der Waals surface area contributed by atoms with Crippen molar-refractivity contribution in [1.29, 1.82) is 0 Å². The van der Waals surface area contributed by atoms with Gasteiger partial charge in [0.15, 0.2) is 11.5 Å². The number of carbonyl (C=O) groups excluding carboxylic acids is 2. The highest BCUT2D eigenvalue weighted by atomic mass is 32.1. The van der Waals surface area contributed by atoms with Crippen molar-refractivity contribution in [3.05, 3.63) is 12.1 Å². The van der Waals surface area contributed by atoms with E-state index in [1.807, 2.05) is 11.8 Å². The van der Waals surface area contributed by atoms with Crippen molar-refractivity contribution < 1.29 is 23.8 Å². The highest BCUT2D eigenvalue weighted by Gasteiger charge is 2.24. The van der Waals surface area contributed by atoms with Gasteiger partial charge in [-0.25, -0.2) is 0 Å². The van der Waals surface area contributed by atoms with E-state index in [2.05, 4.69) is 50.1 Å². The maximum atomic E-state index is 13.1. The molecule has 0 fully saturated rings. The van der Waals surface area contributed by atoms with Gasteiger partial charge >= 0.3 is 0 Å². The Morgan fingerprint density at radius 3 is 2.19 bits per heavy atom. The molecule has 0 aliphatic rings. The van der Waals surface area contributed by atoms with Crippen molar-refractivity contribution in [1.82, 2.24) is 15.1 Å². The minimum atomic E-state index is -0.212. The molecule has 2 atom stereocenters. The van der Waals surface area contributed by atoms with Crippen LogP contribution in [-0.2, 0) is 9.59 Å². The summed E-state index contributed by atoms with van der Waals surface area (Å²) in [5, 5.41) is 12.1. The number of amides is 2. The highest BCUT2D eigenvalue weighted by Crippen LogP contribution is 2.42. The van der Waals surface area contributed by atoms with E-state index in [1.165, 1.54) is 11.3 Å². The SMILES string of the molecule is CCC(C)N(CCC(=O)Nc1nnc(-c2cc(OC)c(OC)c(OC)c2)s1)C(=O)CC(C)CC(C)(C)C. The molecule has 0 bridgehead atoms. The van der Waals surface area contributed by atoms with Gasteiger partial charge in [0.05, 0.1) is 21.3 Å². The molecule has 2 unspecified atom stereocenters. The van der Waals surface area contributed by atoms with Gasteiger partial charge < -0.3 is 24.4 Å². The Balaban J connectivity index is 2.05. The van der Waals surface area contributed by atoms with Crippen LogP contribution in [0, 0.1) is 11.3 Å². The predicted molar refractivity (Wildman–Crippen MR) is 148 cm³/mol. The molecular weight excluding hydrogens is 492 g/mol. The summed E-state index contributed by atoms with van der Waals surface area (Å²) < 4.78 is 16.2. The molecular formula is C27H42N4O5S. The lowest BCUT2D eigenvalue weighted by molar-refractivity contribution is -0.134. The maximum absolute atomic E-state index is 13.1. The lowest BCUT2D eigenvalue weighted by Crippen LogP contribution is -2.41.